The van der Waals surface area contributed by atoms with E-state index in [1.165, 1.54) is 56.7 Å². The number of halogens is 2. The van der Waals surface area contributed by atoms with Crippen molar-refractivity contribution in [3.63, 3.8) is 0 Å². The van der Waals surface area contributed by atoms with E-state index in [0.717, 1.165) is 66.1 Å². The highest BCUT2D eigenvalue weighted by atomic mass is 35.5. The van der Waals surface area contributed by atoms with Crippen LogP contribution in [0.4, 0.5) is 0 Å². The second-order valence-corrected chi connectivity index (χ2v) is 19.0. The number of hydrogen-bond donors (Lipinski definition) is 1. The Hall–Kier alpha value is -5.66. The number of amides is 3. The largest absolute Gasteiger partial charge is 0.387 e. The molecule has 0 bridgehead atoms. The standard InChI is InChI=1S/C28H24ClN3O4S.C21H21ClN2O2/c29-21-9-10-22-20(16-21)8-7-19-4-3-13-30-27(19)26(22)18-11-14-31(15-12-18)25(33)17-32-28(34)23-5-1-2-6-24(23)37(32,35)36;22-17-5-6-18-16(12-17)4-3-15-2-1-9-23-21(15)20(18)14-7-10-24(11-8-14)19(26)13-25/h1-6,9-10,13,16H,7-8,11-12,14-15,17H2;1-2,5-6,9,12,25H,3-4,7-8,10-11,13H2. The van der Waals surface area contributed by atoms with Gasteiger partial charge in [0.15, 0.2) is 0 Å². The Kier molecular flexibility index (Phi) is 12.1. The van der Waals surface area contributed by atoms with Crippen LogP contribution in [0.25, 0.3) is 11.1 Å². The first kappa shape index (κ1) is 42.6. The number of fused-ring (bicyclic) bond motifs is 5. The summed E-state index contributed by atoms with van der Waals surface area (Å²) in [6, 6.07) is 26.4. The van der Waals surface area contributed by atoms with Crippen LogP contribution in [0.1, 0.15) is 80.8 Å². The van der Waals surface area contributed by atoms with Crippen LogP contribution in [0.3, 0.4) is 0 Å². The predicted molar refractivity (Wildman–Crippen MR) is 242 cm³/mol. The summed E-state index contributed by atoms with van der Waals surface area (Å²) in [7, 11) is -4.02. The van der Waals surface area contributed by atoms with Crippen LogP contribution in [-0.2, 0) is 45.3 Å². The summed E-state index contributed by atoms with van der Waals surface area (Å²) in [5.41, 5.74) is 14.2. The fraction of sp³-hybridized carbons (Fsp3) is 0.286. The fourth-order valence-corrected chi connectivity index (χ4v) is 11.4. The summed E-state index contributed by atoms with van der Waals surface area (Å²) in [5.74, 6) is -1.22. The van der Waals surface area contributed by atoms with E-state index in [9.17, 15) is 22.8 Å². The van der Waals surface area contributed by atoms with Crippen LogP contribution < -0.4 is 0 Å². The molecule has 3 aliphatic heterocycles. The van der Waals surface area contributed by atoms with E-state index in [4.69, 9.17) is 38.3 Å². The molecule has 3 amide bonds. The van der Waals surface area contributed by atoms with Crippen molar-refractivity contribution in [2.75, 3.05) is 39.3 Å². The first-order valence-corrected chi connectivity index (χ1v) is 23.4. The van der Waals surface area contributed by atoms with Crippen molar-refractivity contribution in [2.24, 2.45) is 0 Å². The lowest BCUT2D eigenvalue weighted by Crippen LogP contribution is -2.44. The molecule has 5 heterocycles. The molecule has 2 fully saturated rings. The second-order valence-electron chi connectivity index (χ2n) is 16.3. The van der Waals surface area contributed by atoms with Gasteiger partial charge in [-0.05, 0) is 133 Å². The Morgan fingerprint density at radius 1 is 0.587 bits per heavy atom. The molecule has 0 radical (unpaired) electrons. The van der Waals surface area contributed by atoms with Gasteiger partial charge in [0.2, 0.25) is 11.8 Å². The quantitative estimate of drug-likeness (QED) is 0.198. The summed E-state index contributed by atoms with van der Waals surface area (Å²) in [4.78, 5) is 50.4. The fourth-order valence-electron chi connectivity index (χ4n) is 9.53. The van der Waals surface area contributed by atoms with Gasteiger partial charge in [0.25, 0.3) is 15.9 Å². The van der Waals surface area contributed by atoms with Crippen LogP contribution in [0.5, 0.6) is 0 Å². The monoisotopic (exact) mass is 901 g/mol. The number of benzene rings is 3. The zero-order valence-electron chi connectivity index (χ0n) is 34.5. The molecule has 2 aromatic heterocycles. The lowest BCUT2D eigenvalue weighted by atomic mass is 9.88. The molecule has 0 unspecified atom stereocenters. The highest BCUT2D eigenvalue weighted by molar-refractivity contribution is 7.90. The molecular weight excluding hydrogens is 858 g/mol. The van der Waals surface area contributed by atoms with Crippen LogP contribution in [0.15, 0.2) is 113 Å². The molecule has 5 aromatic rings. The zero-order valence-corrected chi connectivity index (χ0v) is 36.9. The Morgan fingerprint density at radius 2 is 1.06 bits per heavy atom. The number of pyridine rings is 2. The highest BCUT2D eigenvalue weighted by Crippen LogP contribution is 2.40. The smallest absolute Gasteiger partial charge is 0.269 e. The summed E-state index contributed by atoms with van der Waals surface area (Å²) >= 11 is 12.6. The lowest BCUT2D eigenvalue weighted by Gasteiger charge is -2.31. The Labute approximate surface area is 376 Å². The van der Waals surface area contributed by atoms with E-state index in [-0.39, 0.29) is 22.3 Å². The molecule has 63 heavy (non-hydrogen) atoms. The molecule has 0 atom stereocenters. The third kappa shape index (κ3) is 8.33. The number of rotatable bonds is 3. The van der Waals surface area contributed by atoms with Crippen molar-refractivity contribution in [1.29, 1.82) is 0 Å². The molecule has 1 N–H and O–H groups in total. The molecule has 3 aromatic carbocycles. The maximum absolute atomic E-state index is 13.1. The van der Waals surface area contributed by atoms with Crippen molar-refractivity contribution in [3.8, 4) is 0 Å². The van der Waals surface area contributed by atoms with E-state index in [2.05, 4.69) is 30.3 Å². The lowest BCUT2D eigenvalue weighted by molar-refractivity contribution is -0.134. The average Bonchev–Trinajstić information content (AvgIpc) is 3.45. The number of likely N-dealkylation sites (tertiary alicyclic amines) is 2. The van der Waals surface area contributed by atoms with Gasteiger partial charge in [0, 0.05) is 59.8 Å². The van der Waals surface area contributed by atoms with Gasteiger partial charge in [-0.15, -0.1) is 0 Å². The van der Waals surface area contributed by atoms with Crippen molar-refractivity contribution in [2.45, 2.75) is 56.3 Å². The molecule has 10 rings (SSSR count). The summed E-state index contributed by atoms with van der Waals surface area (Å²) in [6.07, 6.45) is 10.2. The van der Waals surface area contributed by atoms with Gasteiger partial charge >= 0.3 is 0 Å². The molecule has 14 heteroatoms. The van der Waals surface area contributed by atoms with E-state index < -0.39 is 29.1 Å². The predicted octanol–water partition coefficient (Wildman–Crippen LogP) is 7.35. The van der Waals surface area contributed by atoms with Gasteiger partial charge < -0.3 is 14.9 Å². The van der Waals surface area contributed by atoms with Crippen LogP contribution in [-0.4, -0.2) is 94.6 Å². The molecular formula is C49H45Cl2N5O6S. The number of aryl methyl sites for hydroxylation is 4. The molecule has 5 aliphatic rings. The van der Waals surface area contributed by atoms with Crippen LogP contribution >= 0.6 is 23.2 Å². The molecule has 2 saturated heterocycles. The van der Waals surface area contributed by atoms with Crippen molar-refractivity contribution >= 4 is 62.1 Å². The number of carbonyl (C=O) groups is 3. The Bertz CT molecular complexity index is 2840. The molecule has 0 spiro atoms. The molecule has 11 nitrogen and oxygen atoms in total. The number of aromatic nitrogens is 2. The number of piperidine rings is 2. The van der Waals surface area contributed by atoms with Gasteiger partial charge in [-0.2, -0.15) is 0 Å². The number of aliphatic hydroxyl groups excluding tert-OH is 1. The summed E-state index contributed by atoms with van der Waals surface area (Å²) in [6.45, 7) is 1.26. The van der Waals surface area contributed by atoms with E-state index in [1.54, 1.807) is 21.9 Å². The van der Waals surface area contributed by atoms with E-state index in [1.807, 2.05) is 42.7 Å². The maximum Gasteiger partial charge on any atom is 0.269 e. The number of carbonyl (C=O) groups excluding carboxylic acids is 3. The minimum atomic E-state index is -4.02. The maximum atomic E-state index is 13.1. The molecule has 0 saturated carbocycles. The SMILES string of the molecule is O=C(CN1C(=O)c2ccccc2S1(=O)=O)N1CCC(=C2c3ccc(Cl)cc3CCc3cccnc32)CC1.O=C(CO)N1CCC(=C2c3ccc(Cl)cc3CCc3cccnc32)CC1. The van der Waals surface area contributed by atoms with Crippen molar-refractivity contribution < 1.29 is 27.9 Å². The average molecular weight is 903 g/mol. The van der Waals surface area contributed by atoms with Gasteiger partial charge in [0.1, 0.15) is 18.0 Å². The zero-order chi connectivity index (χ0) is 43.8. The summed E-state index contributed by atoms with van der Waals surface area (Å²) < 4.78 is 26.4. The van der Waals surface area contributed by atoms with Crippen molar-refractivity contribution in [3.05, 3.63) is 169 Å². The topological polar surface area (TPSA) is 141 Å². The third-order valence-electron chi connectivity index (χ3n) is 12.7. The van der Waals surface area contributed by atoms with Gasteiger partial charge in [-0.25, -0.2) is 12.7 Å². The van der Waals surface area contributed by atoms with Gasteiger partial charge in [0.05, 0.1) is 17.0 Å². The Morgan fingerprint density at radius 3 is 1.56 bits per heavy atom. The van der Waals surface area contributed by atoms with E-state index >= 15 is 0 Å². The summed E-state index contributed by atoms with van der Waals surface area (Å²) in [5, 5.41) is 10.6. The number of sulfonamides is 1. The first-order valence-electron chi connectivity index (χ1n) is 21.2. The van der Waals surface area contributed by atoms with Crippen molar-refractivity contribution in [1.82, 2.24) is 24.1 Å². The van der Waals surface area contributed by atoms with Crippen LogP contribution in [0, 0.1) is 0 Å². The number of aliphatic hydroxyl groups is 1. The molecule has 2 aliphatic carbocycles. The highest BCUT2D eigenvalue weighted by Gasteiger charge is 2.42. The van der Waals surface area contributed by atoms with Gasteiger partial charge in [-0.3, -0.25) is 24.4 Å². The normalized spacial score (nSPS) is 17.6. The number of hydrogen-bond acceptors (Lipinski definition) is 8. The minimum absolute atomic E-state index is 0.0447. The first-order chi connectivity index (χ1) is 30.5. The van der Waals surface area contributed by atoms with Crippen LogP contribution in [0.2, 0.25) is 10.0 Å². The number of nitrogens with zero attached hydrogens (tertiary/aromatic N) is 5. The second kappa shape index (κ2) is 17.8. The third-order valence-corrected chi connectivity index (χ3v) is 15.0. The minimum Gasteiger partial charge on any atom is -0.387 e. The van der Waals surface area contributed by atoms with Gasteiger partial charge in [-0.1, -0.05) is 70.7 Å². The van der Waals surface area contributed by atoms with E-state index in [0.29, 0.717) is 48.3 Å². The Balaban J connectivity index is 0.000000170. The molecule has 322 valence electrons.